The summed E-state index contributed by atoms with van der Waals surface area (Å²) in [5.41, 5.74) is 4.16. The second-order valence-corrected chi connectivity index (χ2v) is 11.6. The Hall–Kier alpha value is -4.73. The van der Waals surface area contributed by atoms with Crippen LogP contribution in [0.5, 0.6) is 11.5 Å². The molecule has 11 nitrogen and oxygen atoms in total. The summed E-state index contributed by atoms with van der Waals surface area (Å²) >= 11 is 12.6. The van der Waals surface area contributed by atoms with Gasteiger partial charge in [-0.15, -0.1) is 0 Å². The van der Waals surface area contributed by atoms with Crippen LogP contribution in [-0.4, -0.2) is 54.6 Å². The van der Waals surface area contributed by atoms with Crippen LogP contribution >= 0.6 is 43.5 Å². The molecule has 0 aliphatic heterocycles. The van der Waals surface area contributed by atoms with Gasteiger partial charge in [-0.25, -0.2) is 18.7 Å². The van der Waals surface area contributed by atoms with Crippen LogP contribution < -0.4 is 14.8 Å². The highest BCUT2D eigenvalue weighted by Crippen LogP contribution is 2.36. The zero-order chi connectivity index (χ0) is 32.4. The first-order valence-corrected chi connectivity index (χ1v) is 15.2. The average Bonchev–Trinajstić information content (AvgIpc) is 3.66. The van der Waals surface area contributed by atoms with E-state index in [-0.39, 0.29) is 16.9 Å². The maximum atomic E-state index is 13.8. The van der Waals surface area contributed by atoms with Crippen molar-refractivity contribution < 1.29 is 18.3 Å². The van der Waals surface area contributed by atoms with Crippen LogP contribution in [0.2, 0.25) is 5.28 Å². The molecule has 232 valence electrons. The van der Waals surface area contributed by atoms with E-state index >= 15 is 0 Å². The highest BCUT2D eigenvalue weighted by molar-refractivity contribution is 9.10. The van der Waals surface area contributed by atoms with Gasteiger partial charge < -0.3 is 14.8 Å². The number of methoxy groups -OCH3 is 2. The standard InChI is InChI=1S/C18H12BrF2N5O.C12H8BrClN4O/c1-27-15-5-2-9(19)6-11(15)16-12-8-22-18(24-17(12)26-25-16)23-14-4-3-10(20)7-13(14)21;1-19-9-3-2-6(13)4-7(9)10-8-5-15-12(14)16-11(8)18-17-10/h2-8H,1H3,(H2,22,23,24,25,26);2-5H,1H3,(H,15,16,17,18). The van der Waals surface area contributed by atoms with E-state index in [1.807, 2.05) is 36.4 Å². The Morgan fingerprint density at radius 3 is 1.87 bits per heavy atom. The maximum absolute atomic E-state index is 13.8. The molecule has 3 aromatic carbocycles. The molecule has 46 heavy (non-hydrogen) atoms. The summed E-state index contributed by atoms with van der Waals surface area (Å²) in [4.78, 5) is 16.5. The van der Waals surface area contributed by atoms with E-state index in [1.54, 1.807) is 26.6 Å². The maximum Gasteiger partial charge on any atom is 0.229 e. The molecule has 0 unspecified atom stereocenters. The first-order valence-electron chi connectivity index (χ1n) is 13.2. The number of ether oxygens (including phenoxy) is 2. The number of aromatic nitrogens is 8. The van der Waals surface area contributed by atoms with Gasteiger partial charge >= 0.3 is 0 Å². The highest BCUT2D eigenvalue weighted by atomic mass is 79.9. The van der Waals surface area contributed by atoms with Gasteiger partial charge in [0.15, 0.2) is 11.3 Å². The zero-order valence-electron chi connectivity index (χ0n) is 23.7. The molecular weight excluding hydrogens is 752 g/mol. The number of rotatable bonds is 6. The van der Waals surface area contributed by atoms with E-state index in [4.69, 9.17) is 21.1 Å². The molecular formula is C30H20Br2ClF2N9O2. The fourth-order valence-corrected chi connectivity index (χ4v) is 5.37. The molecule has 16 heteroatoms. The monoisotopic (exact) mass is 769 g/mol. The summed E-state index contributed by atoms with van der Waals surface area (Å²) in [6.07, 6.45) is 3.22. The first kappa shape index (κ1) is 31.3. The highest BCUT2D eigenvalue weighted by Gasteiger charge is 2.16. The topological polar surface area (TPSA) is 139 Å². The van der Waals surface area contributed by atoms with Gasteiger partial charge in [0.05, 0.1) is 42.1 Å². The molecule has 0 atom stereocenters. The molecule has 7 aromatic rings. The Balaban J connectivity index is 0.000000172. The molecule has 0 fully saturated rings. The van der Waals surface area contributed by atoms with Crippen LogP contribution in [0.1, 0.15) is 0 Å². The molecule has 0 radical (unpaired) electrons. The lowest BCUT2D eigenvalue weighted by Crippen LogP contribution is -1.99. The Bertz CT molecular complexity index is 2210. The molecule has 0 aliphatic rings. The minimum Gasteiger partial charge on any atom is -0.496 e. The van der Waals surface area contributed by atoms with E-state index in [2.05, 4.69) is 77.5 Å². The Morgan fingerprint density at radius 1 is 0.739 bits per heavy atom. The quantitative estimate of drug-likeness (QED) is 0.143. The number of aromatic amines is 2. The van der Waals surface area contributed by atoms with E-state index in [0.29, 0.717) is 28.1 Å². The fourth-order valence-electron chi connectivity index (χ4n) is 4.52. The van der Waals surface area contributed by atoms with Crippen molar-refractivity contribution in [3.63, 3.8) is 0 Å². The van der Waals surface area contributed by atoms with Crippen molar-refractivity contribution in [3.05, 3.63) is 92.9 Å². The predicted octanol–water partition coefficient (Wildman–Crippen LogP) is 8.26. The van der Waals surface area contributed by atoms with Crippen LogP contribution in [0.4, 0.5) is 20.4 Å². The third kappa shape index (κ3) is 6.47. The molecule has 0 spiro atoms. The summed E-state index contributed by atoms with van der Waals surface area (Å²) < 4.78 is 39.4. The number of anilines is 2. The summed E-state index contributed by atoms with van der Waals surface area (Å²) in [6, 6.07) is 14.5. The third-order valence-electron chi connectivity index (χ3n) is 6.63. The first-order chi connectivity index (χ1) is 22.2. The van der Waals surface area contributed by atoms with Gasteiger partial charge in [0.25, 0.3) is 0 Å². The normalized spacial score (nSPS) is 10.9. The number of nitrogens with zero attached hydrogens (tertiary/aromatic N) is 6. The lowest BCUT2D eigenvalue weighted by Gasteiger charge is -2.08. The number of nitrogens with one attached hydrogen (secondary N) is 3. The van der Waals surface area contributed by atoms with Crippen LogP contribution in [0.15, 0.2) is 75.9 Å². The van der Waals surface area contributed by atoms with Crippen molar-refractivity contribution in [2.45, 2.75) is 0 Å². The van der Waals surface area contributed by atoms with Crippen molar-refractivity contribution in [1.29, 1.82) is 0 Å². The van der Waals surface area contributed by atoms with Crippen molar-refractivity contribution in [3.8, 4) is 34.0 Å². The minimum atomic E-state index is -0.736. The summed E-state index contributed by atoms with van der Waals surface area (Å²) in [5, 5.41) is 18.6. The van der Waals surface area contributed by atoms with Crippen molar-refractivity contribution in [2.75, 3.05) is 19.5 Å². The van der Waals surface area contributed by atoms with Gasteiger partial charge in [0, 0.05) is 38.5 Å². The van der Waals surface area contributed by atoms with Crippen molar-refractivity contribution in [1.82, 2.24) is 40.3 Å². The van der Waals surface area contributed by atoms with Crippen molar-refractivity contribution >= 4 is 77.2 Å². The number of fused-ring (bicyclic) bond motifs is 2. The smallest absolute Gasteiger partial charge is 0.229 e. The number of H-pyrrole nitrogens is 2. The van der Waals surface area contributed by atoms with Gasteiger partial charge in [-0.05, 0) is 60.1 Å². The summed E-state index contributed by atoms with van der Waals surface area (Å²) in [5.74, 6) is 0.157. The van der Waals surface area contributed by atoms with Crippen LogP contribution in [-0.2, 0) is 0 Å². The fraction of sp³-hybridized carbons (Fsp3) is 0.0667. The Kier molecular flexibility index (Phi) is 9.05. The van der Waals surface area contributed by atoms with Gasteiger partial charge in [0.2, 0.25) is 11.2 Å². The second-order valence-electron chi connectivity index (χ2n) is 9.44. The molecule has 4 aromatic heterocycles. The van der Waals surface area contributed by atoms with Gasteiger partial charge in [-0.2, -0.15) is 20.2 Å². The van der Waals surface area contributed by atoms with E-state index in [9.17, 15) is 8.78 Å². The molecule has 3 N–H and O–H groups in total. The molecule has 4 heterocycles. The summed E-state index contributed by atoms with van der Waals surface area (Å²) in [7, 11) is 3.21. The molecule has 0 amide bonds. The molecule has 0 saturated carbocycles. The molecule has 0 aliphatic carbocycles. The van der Waals surface area contributed by atoms with Gasteiger partial charge in [-0.3, -0.25) is 10.2 Å². The lowest BCUT2D eigenvalue weighted by molar-refractivity contribution is 0.416. The SMILES string of the molecule is COc1ccc(Br)cc1-c1[nH]nc2nc(Cl)ncc12.COc1ccc(Br)cc1-c1[nH]nc2nc(Nc3ccc(F)cc3F)ncc12. The van der Waals surface area contributed by atoms with Crippen LogP contribution in [0, 0.1) is 11.6 Å². The van der Waals surface area contributed by atoms with E-state index in [0.717, 1.165) is 49.0 Å². The van der Waals surface area contributed by atoms with Crippen LogP contribution in [0.3, 0.4) is 0 Å². The largest absolute Gasteiger partial charge is 0.496 e. The van der Waals surface area contributed by atoms with Gasteiger partial charge in [0.1, 0.15) is 23.1 Å². The van der Waals surface area contributed by atoms with E-state index < -0.39 is 11.6 Å². The Labute approximate surface area is 281 Å². The number of hydrogen-bond donors (Lipinski definition) is 3. The minimum absolute atomic E-state index is 0.0696. The summed E-state index contributed by atoms with van der Waals surface area (Å²) in [6.45, 7) is 0. The predicted molar refractivity (Wildman–Crippen MR) is 177 cm³/mol. The van der Waals surface area contributed by atoms with Crippen molar-refractivity contribution in [2.24, 2.45) is 0 Å². The zero-order valence-corrected chi connectivity index (χ0v) is 27.7. The molecule has 0 saturated heterocycles. The van der Waals surface area contributed by atoms with E-state index in [1.165, 1.54) is 6.07 Å². The van der Waals surface area contributed by atoms with Crippen LogP contribution in [0.25, 0.3) is 44.6 Å². The lowest BCUT2D eigenvalue weighted by atomic mass is 10.1. The number of halogens is 5. The second kappa shape index (κ2) is 13.3. The number of hydrogen-bond acceptors (Lipinski definition) is 9. The molecule has 0 bridgehead atoms. The van der Waals surface area contributed by atoms with Gasteiger partial charge in [-0.1, -0.05) is 31.9 Å². The Morgan fingerprint density at radius 2 is 1.30 bits per heavy atom. The molecule has 7 rings (SSSR count). The number of benzene rings is 3. The third-order valence-corrected chi connectivity index (χ3v) is 7.80. The average molecular weight is 772 g/mol.